The third-order valence-corrected chi connectivity index (χ3v) is 7.90. The lowest BCUT2D eigenvalue weighted by Gasteiger charge is -2.65. The number of aliphatic hydroxyl groups is 1. The van der Waals surface area contributed by atoms with Crippen molar-refractivity contribution in [1.82, 2.24) is 0 Å². The molecule has 128 valence electrons. The molecule has 0 heterocycles. The lowest BCUT2D eigenvalue weighted by molar-refractivity contribution is -0.186. The fourth-order valence-electron chi connectivity index (χ4n) is 6.01. The van der Waals surface area contributed by atoms with Gasteiger partial charge in [0.1, 0.15) is 0 Å². The van der Waals surface area contributed by atoms with Crippen LogP contribution in [0.4, 0.5) is 0 Å². The number of carboxylic acid groups (broad SMARTS) is 1. The van der Waals surface area contributed by atoms with E-state index in [-0.39, 0.29) is 17.4 Å². The van der Waals surface area contributed by atoms with Crippen LogP contribution in [0.1, 0.15) is 65.7 Å². The zero-order valence-electron chi connectivity index (χ0n) is 14.7. The van der Waals surface area contributed by atoms with Gasteiger partial charge in [-0.25, -0.2) is 0 Å². The molecule has 0 bridgehead atoms. The van der Waals surface area contributed by atoms with Gasteiger partial charge in [-0.2, -0.15) is 0 Å². The SMILES string of the molecule is C[C@@]12CCC3=CC(=CCO)CC[C@@H]3[C@@]1(C)CCC[C@]2(C)C(=O)O. The molecule has 4 atom stereocenters. The van der Waals surface area contributed by atoms with Crippen LogP contribution in [0.15, 0.2) is 23.3 Å². The molecule has 0 spiro atoms. The normalized spacial score (nSPS) is 45.1. The molecule has 2 fully saturated rings. The summed E-state index contributed by atoms with van der Waals surface area (Å²) < 4.78 is 0. The fourth-order valence-corrected chi connectivity index (χ4v) is 6.01. The van der Waals surface area contributed by atoms with Gasteiger partial charge >= 0.3 is 5.97 Å². The van der Waals surface area contributed by atoms with Gasteiger partial charge in [0.15, 0.2) is 0 Å². The van der Waals surface area contributed by atoms with Gasteiger partial charge in [0.2, 0.25) is 0 Å². The average Bonchev–Trinajstić information content (AvgIpc) is 2.50. The molecule has 3 aliphatic rings. The number of aliphatic carboxylic acids is 1. The van der Waals surface area contributed by atoms with Gasteiger partial charge in [0.05, 0.1) is 12.0 Å². The lowest BCUT2D eigenvalue weighted by Crippen LogP contribution is -2.60. The highest BCUT2D eigenvalue weighted by Gasteiger charge is 2.65. The smallest absolute Gasteiger partial charge is 0.309 e. The third-order valence-electron chi connectivity index (χ3n) is 7.90. The van der Waals surface area contributed by atoms with Crippen LogP contribution < -0.4 is 0 Å². The number of hydrogen-bond acceptors (Lipinski definition) is 2. The Balaban J connectivity index is 2.04. The summed E-state index contributed by atoms with van der Waals surface area (Å²) in [5.74, 6) is -0.119. The quantitative estimate of drug-likeness (QED) is 0.797. The molecule has 3 nitrogen and oxygen atoms in total. The summed E-state index contributed by atoms with van der Waals surface area (Å²) in [6, 6.07) is 0. The molecule has 2 N–H and O–H groups in total. The van der Waals surface area contributed by atoms with Crippen LogP contribution in [0.2, 0.25) is 0 Å². The standard InChI is InChI=1S/C20H30O3/c1-18-9-4-10-19(2,17(22)23)20(18,3)11-7-15-13-14(8-12-21)5-6-16(15)18/h8,13,16,21H,4-7,9-12H2,1-3H3,(H,22,23)/t16-,18+,19+,20+/m0/s1. The van der Waals surface area contributed by atoms with Crippen LogP contribution >= 0.6 is 0 Å². The summed E-state index contributed by atoms with van der Waals surface area (Å²) in [5, 5.41) is 19.1. The summed E-state index contributed by atoms with van der Waals surface area (Å²) in [7, 11) is 0. The Kier molecular flexibility index (Phi) is 3.99. The van der Waals surface area contributed by atoms with Crippen molar-refractivity contribution in [2.45, 2.75) is 65.7 Å². The third kappa shape index (κ3) is 2.15. The van der Waals surface area contributed by atoms with E-state index in [2.05, 4.69) is 19.9 Å². The monoisotopic (exact) mass is 318 g/mol. The molecule has 0 saturated heterocycles. The van der Waals surface area contributed by atoms with Crippen molar-refractivity contribution in [2.75, 3.05) is 6.61 Å². The van der Waals surface area contributed by atoms with Crippen molar-refractivity contribution in [3.63, 3.8) is 0 Å². The highest BCUT2D eigenvalue weighted by molar-refractivity contribution is 5.76. The van der Waals surface area contributed by atoms with Gasteiger partial charge < -0.3 is 10.2 Å². The van der Waals surface area contributed by atoms with Crippen molar-refractivity contribution in [3.05, 3.63) is 23.3 Å². The minimum Gasteiger partial charge on any atom is -0.481 e. The molecule has 0 aromatic heterocycles. The molecule has 0 amide bonds. The predicted molar refractivity (Wildman–Crippen MR) is 91.0 cm³/mol. The second kappa shape index (κ2) is 5.47. The number of allylic oxidation sites excluding steroid dienone is 3. The number of aliphatic hydroxyl groups excluding tert-OH is 1. The number of carboxylic acids is 1. The largest absolute Gasteiger partial charge is 0.481 e. The summed E-state index contributed by atoms with van der Waals surface area (Å²) in [5.41, 5.74) is 2.04. The van der Waals surface area contributed by atoms with E-state index in [9.17, 15) is 9.90 Å². The first-order chi connectivity index (χ1) is 10.8. The molecule has 0 unspecified atom stereocenters. The highest BCUT2D eigenvalue weighted by Crippen LogP contribution is 2.70. The summed E-state index contributed by atoms with van der Waals surface area (Å²) in [4.78, 5) is 12.1. The summed E-state index contributed by atoms with van der Waals surface area (Å²) >= 11 is 0. The maximum atomic E-state index is 12.1. The number of hydrogen-bond donors (Lipinski definition) is 2. The zero-order chi connectivity index (χ0) is 16.9. The molecule has 23 heavy (non-hydrogen) atoms. The summed E-state index contributed by atoms with van der Waals surface area (Å²) in [6.45, 7) is 6.69. The first kappa shape index (κ1) is 16.8. The van der Waals surface area contributed by atoms with Crippen molar-refractivity contribution < 1.29 is 15.0 Å². The van der Waals surface area contributed by atoms with Crippen LogP contribution in [0.25, 0.3) is 0 Å². The summed E-state index contributed by atoms with van der Waals surface area (Å²) in [6.07, 6.45) is 11.2. The maximum Gasteiger partial charge on any atom is 0.309 e. The van der Waals surface area contributed by atoms with E-state index < -0.39 is 11.4 Å². The zero-order valence-corrected chi connectivity index (χ0v) is 14.7. The Hall–Kier alpha value is -1.09. The number of carbonyl (C=O) groups is 1. The van der Waals surface area contributed by atoms with Gasteiger partial charge in [-0.15, -0.1) is 0 Å². The maximum absolute atomic E-state index is 12.1. The van der Waals surface area contributed by atoms with E-state index in [0.29, 0.717) is 5.92 Å². The second-order valence-corrected chi connectivity index (χ2v) is 8.51. The highest BCUT2D eigenvalue weighted by atomic mass is 16.4. The van der Waals surface area contributed by atoms with E-state index in [1.54, 1.807) is 0 Å². The molecular weight excluding hydrogens is 288 g/mol. The van der Waals surface area contributed by atoms with E-state index in [0.717, 1.165) is 44.9 Å². The lowest BCUT2D eigenvalue weighted by atomic mass is 9.38. The van der Waals surface area contributed by atoms with Crippen molar-refractivity contribution >= 4 is 5.97 Å². The second-order valence-electron chi connectivity index (χ2n) is 8.51. The number of fused-ring (bicyclic) bond motifs is 3. The minimum atomic E-state index is -0.618. The molecule has 2 saturated carbocycles. The van der Waals surface area contributed by atoms with Crippen LogP contribution in [0, 0.1) is 22.2 Å². The Morgan fingerprint density at radius 2 is 2.00 bits per heavy atom. The Labute approximate surface area is 139 Å². The topological polar surface area (TPSA) is 57.5 Å². The first-order valence-electron chi connectivity index (χ1n) is 9.02. The first-order valence-corrected chi connectivity index (χ1v) is 9.02. The molecular formula is C20H30O3. The number of rotatable bonds is 2. The molecule has 3 heteroatoms. The molecule has 0 aliphatic heterocycles. The Bertz CT molecular complexity index is 575. The van der Waals surface area contributed by atoms with Gasteiger partial charge in [-0.3, -0.25) is 4.79 Å². The van der Waals surface area contributed by atoms with E-state index in [1.165, 1.54) is 11.1 Å². The molecule has 0 radical (unpaired) electrons. The van der Waals surface area contributed by atoms with Crippen LogP contribution in [-0.4, -0.2) is 22.8 Å². The molecule has 3 rings (SSSR count). The van der Waals surface area contributed by atoms with E-state index >= 15 is 0 Å². The van der Waals surface area contributed by atoms with Gasteiger partial charge in [0, 0.05) is 0 Å². The van der Waals surface area contributed by atoms with Gasteiger partial charge in [-0.1, -0.05) is 38.0 Å². The van der Waals surface area contributed by atoms with Gasteiger partial charge in [0.25, 0.3) is 0 Å². The minimum absolute atomic E-state index is 0.0627. The van der Waals surface area contributed by atoms with Crippen LogP contribution in [0.3, 0.4) is 0 Å². The fraction of sp³-hybridized carbons (Fsp3) is 0.750. The van der Waals surface area contributed by atoms with E-state index in [4.69, 9.17) is 5.11 Å². The van der Waals surface area contributed by atoms with Crippen molar-refractivity contribution in [3.8, 4) is 0 Å². The molecule has 3 aliphatic carbocycles. The van der Waals surface area contributed by atoms with Crippen molar-refractivity contribution in [2.24, 2.45) is 22.2 Å². The Morgan fingerprint density at radius 1 is 1.26 bits per heavy atom. The molecule has 0 aromatic rings. The van der Waals surface area contributed by atoms with E-state index in [1.807, 2.05) is 13.0 Å². The van der Waals surface area contributed by atoms with Gasteiger partial charge in [-0.05, 0) is 67.8 Å². The average molecular weight is 318 g/mol. The van der Waals surface area contributed by atoms with Crippen LogP contribution in [-0.2, 0) is 4.79 Å². The molecule has 0 aromatic carbocycles. The van der Waals surface area contributed by atoms with Crippen molar-refractivity contribution in [1.29, 1.82) is 0 Å². The van der Waals surface area contributed by atoms with Crippen LogP contribution in [0.5, 0.6) is 0 Å². The Morgan fingerprint density at radius 3 is 2.65 bits per heavy atom. The predicted octanol–water partition coefficient (Wildman–Crippen LogP) is 4.32.